The minimum Gasteiger partial charge on any atom is -0.491 e. The fourth-order valence-corrected chi connectivity index (χ4v) is 6.41. The van der Waals surface area contributed by atoms with Crippen LogP contribution in [0.4, 0.5) is 18.9 Å². The Bertz CT molecular complexity index is 1830. The topological polar surface area (TPSA) is 65.6 Å². The summed E-state index contributed by atoms with van der Waals surface area (Å²) < 4.78 is 50.9. The van der Waals surface area contributed by atoms with Crippen molar-refractivity contribution < 1.29 is 32.2 Å². The minimum absolute atomic E-state index is 0.0921. The number of alkyl halides is 3. The van der Waals surface area contributed by atoms with E-state index >= 15 is 0 Å². The Kier molecular flexibility index (Phi) is 14.5. The van der Waals surface area contributed by atoms with Crippen LogP contribution < -0.4 is 9.64 Å². The zero-order valence-electron chi connectivity index (χ0n) is 32.0. The molecule has 0 saturated carbocycles. The first-order chi connectivity index (χ1) is 26.4. The molecule has 55 heavy (non-hydrogen) atoms. The second kappa shape index (κ2) is 19.5. The van der Waals surface area contributed by atoms with Crippen LogP contribution in [-0.4, -0.2) is 92.1 Å². The molecule has 0 aliphatic carbocycles. The molecule has 8 nitrogen and oxygen atoms in total. The molecule has 0 bridgehead atoms. The van der Waals surface area contributed by atoms with Gasteiger partial charge >= 0.3 is 6.18 Å². The number of benzene rings is 4. The van der Waals surface area contributed by atoms with E-state index in [1.165, 1.54) is 24.3 Å². The van der Waals surface area contributed by atoms with E-state index in [0.717, 1.165) is 53.3 Å². The molecule has 5 rings (SSSR count). The van der Waals surface area contributed by atoms with Crippen molar-refractivity contribution in [1.82, 2.24) is 14.7 Å². The summed E-state index contributed by atoms with van der Waals surface area (Å²) in [5.41, 5.74) is 3.56. The van der Waals surface area contributed by atoms with Crippen LogP contribution in [0.3, 0.4) is 0 Å². The SMILES string of the molecule is CC(C)Oc1ccc(CN(C)CCN(C)C(=O)[C@H](Cc2ccccc2)N(Cc2ccc(N3CCOCC3)cc2)C(=O)/C=C/c2ccc(C(F)(F)F)cc2)cc1. The number of morpholine rings is 1. The first-order valence-corrected chi connectivity index (χ1v) is 18.7. The van der Waals surface area contributed by atoms with Crippen LogP contribution in [-0.2, 0) is 40.0 Å². The standard InChI is InChI=1S/C44H51F3N4O4/c1-33(2)55-40-21-14-36(15-22-40)31-48(3)24-25-49(4)43(53)41(30-35-8-6-5-7-9-35)51(32-37-12-19-39(20-13-37)50-26-28-54-29-27-50)42(52)23-16-34-10-17-38(18-11-34)44(45,46)47/h5-23,33,41H,24-32H2,1-4H3/b23-16+/t41-/m0/s1. The second-order valence-electron chi connectivity index (χ2n) is 14.2. The number of rotatable bonds is 16. The predicted molar refractivity (Wildman–Crippen MR) is 211 cm³/mol. The van der Waals surface area contributed by atoms with Gasteiger partial charge in [-0.3, -0.25) is 9.59 Å². The van der Waals surface area contributed by atoms with Crippen LogP contribution in [0, 0.1) is 0 Å². The summed E-state index contributed by atoms with van der Waals surface area (Å²) in [5, 5.41) is 0. The van der Waals surface area contributed by atoms with Gasteiger partial charge in [0.25, 0.3) is 0 Å². The summed E-state index contributed by atoms with van der Waals surface area (Å²) in [6.07, 6.45) is -1.28. The molecule has 1 saturated heterocycles. The van der Waals surface area contributed by atoms with Gasteiger partial charge in [-0.05, 0) is 85.6 Å². The molecule has 1 fully saturated rings. The van der Waals surface area contributed by atoms with Gasteiger partial charge in [-0.15, -0.1) is 0 Å². The van der Waals surface area contributed by atoms with Crippen molar-refractivity contribution in [3.63, 3.8) is 0 Å². The molecule has 11 heteroatoms. The summed E-state index contributed by atoms with van der Waals surface area (Å²) in [6.45, 7) is 8.70. The number of halogens is 3. The van der Waals surface area contributed by atoms with Crippen molar-refractivity contribution in [2.75, 3.05) is 58.4 Å². The van der Waals surface area contributed by atoms with Gasteiger partial charge < -0.3 is 29.1 Å². The van der Waals surface area contributed by atoms with Crippen LogP contribution in [0.2, 0.25) is 0 Å². The molecule has 2 amide bonds. The highest BCUT2D eigenvalue weighted by Gasteiger charge is 2.32. The van der Waals surface area contributed by atoms with E-state index in [1.807, 2.05) is 99.8 Å². The van der Waals surface area contributed by atoms with E-state index < -0.39 is 23.7 Å². The molecule has 0 spiro atoms. The summed E-state index contributed by atoms with van der Waals surface area (Å²) in [4.78, 5) is 36.3. The number of nitrogens with zero attached hydrogens (tertiary/aromatic N) is 4. The van der Waals surface area contributed by atoms with Gasteiger partial charge in [0.2, 0.25) is 11.8 Å². The Balaban J connectivity index is 1.37. The number of anilines is 1. The third kappa shape index (κ3) is 12.4. The monoisotopic (exact) mass is 756 g/mol. The van der Waals surface area contributed by atoms with Crippen LogP contribution >= 0.6 is 0 Å². The van der Waals surface area contributed by atoms with E-state index in [0.29, 0.717) is 38.4 Å². The summed E-state index contributed by atoms with van der Waals surface area (Å²) >= 11 is 0. The summed E-state index contributed by atoms with van der Waals surface area (Å²) in [5.74, 6) is 0.174. The van der Waals surface area contributed by atoms with Crippen molar-refractivity contribution in [2.24, 2.45) is 0 Å². The normalized spacial score (nSPS) is 14.0. The zero-order valence-corrected chi connectivity index (χ0v) is 32.0. The average Bonchev–Trinajstić information content (AvgIpc) is 3.18. The first-order valence-electron chi connectivity index (χ1n) is 18.7. The Morgan fingerprint density at radius 1 is 0.800 bits per heavy atom. The minimum atomic E-state index is -4.47. The molecule has 1 aliphatic heterocycles. The number of likely N-dealkylation sites (N-methyl/N-ethyl adjacent to an activating group) is 2. The molecule has 0 unspecified atom stereocenters. The molecule has 0 aromatic heterocycles. The van der Waals surface area contributed by atoms with Gasteiger partial charge in [0.1, 0.15) is 11.8 Å². The number of hydrogen-bond donors (Lipinski definition) is 0. The second-order valence-corrected chi connectivity index (χ2v) is 14.2. The molecule has 0 radical (unpaired) electrons. The Hall–Kier alpha value is -5.13. The van der Waals surface area contributed by atoms with Gasteiger partial charge in [-0.25, -0.2) is 0 Å². The van der Waals surface area contributed by atoms with E-state index in [-0.39, 0.29) is 25.0 Å². The number of carbonyl (C=O) groups excluding carboxylic acids is 2. The van der Waals surface area contributed by atoms with Crippen LogP contribution in [0.25, 0.3) is 6.08 Å². The molecule has 1 heterocycles. The lowest BCUT2D eigenvalue weighted by molar-refractivity contribution is -0.143. The van der Waals surface area contributed by atoms with Crippen molar-refractivity contribution in [3.8, 4) is 5.75 Å². The Labute approximate surface area is 322 Å². The molecular weight excluding hydrogens is 706 g/mol. The van der Waals surface area contributed by atoms with Crippen molar-refractivity contribution in [3.05, 3.63) is 137 Å². The molecule has 1 atom stereocenters. The first kappa shape index (κ1) is 41.0. The highest BCUT2D eigenvalue weighted by Crippen LogP contribution is 2.29. The molecule has 0 N–H and O–H groups in total. The van der Waals surface area contributed by atoms with E-state index in [1.54, 1.807) is 16.8 Å². The third-order valence-electron chi connectivity index (χ3n) is 9.48. The largest absolute Gasteiger partial charge is 0.491 e. The maximum Gasteiger partial charge on any atom is 0.416 e. The average molecular weight is 757 g/mol. The molecular formula is C44H51F3N4O4. The van der Waals surface area contributed by atoms with Gasteiger partial charge in [0.15, 0.2) is 0 Å². The lowest BCUT2D eigenvalue weighted by atomic mass is 10.0. The molecule has 4 aromatic carbocycles. The number of amides is 2. The van der Waals surface area contributed by atoms with Gasteiger partial charge in [-0.2, -0.15) is 13.2 Å². The molecule has 292 valence electrons. The lowest BCUT2D eigenvalue weighted by Crippen LogP contribution is -2.51. The number of carbonyl (C=O) groups is 2. The van der Waals surface area contributed by atoms with Crippen LogP contribution in [0.1, 0.15) is 41.7 Å². The van der Waals surface area contributed by atoms with Crippen molar-refractivity contribution >= 4 is 23.6 Å². The number of ether oxygens (including phenoxy) is 2. The fourth-order valence-electron chi connectivity index (χ4n) is 6.41. The highest BCUT2D eigenvalue weighted by molar-refractivity contribution is 5.95. The van der Waals surface area contributed by atoms with E-state index in [9.17, 15) is 22.8 Å². The highest BCUT2D eigenvalue weighted by atomic mass is 19.4. The predicted octanol–water partition coefficient (Wildman–Crippen LogP) is 7.57. The summed E-state index contributed by atoms with van der Waals surface area (Å²) in [6, 6.07) is 29.3. The van der Waals surface area contributed by atoms with E-state index in [2.05, 4.69) is 9.80 Å². The Morgan fingerprint density at radius 2 is 1.42 bits per heavy atom. The zero-order chi connectivity index (χ0) is 39.4. The van der Waals surface area contributed by atoms with Gasteiger partial charge in [0.05, 0.1) is 24.9 Å². The van der Waals surface area contributed by atoms with Crippen molar-refractivity contribution in [2.45, 2.75) is 51.7 Å². The Morgan fingerprint density at radius 3 is 2.04 bits per heavy atom. The van der Waals surface area contributed by atoms with Gasteiger partial charge in [0, 0.05) is 64.5 Å². The quantitative estimate of drug-likeness (QED) is 0.110. The lowest BCUT2D eigenvalue weighted by Gasteiger charge is -2.34. The number of hydrogen-bond acceptors (Lipinski definition) is 6. The molecule has 4 aromatic rings. The smallest absolute Gasteiger partial charge is 0.416 e. The third-order valence-corrected chi connectivity index (χ3v) is 9.48. The molecule has 1 aliphatic rings. The maximum absolute atomic E-state index is 14.5. The maximum atomic E-state index is 14.5. The van der Waals surface area contributed by atoms with Crippen LogP contribution in [0.15, 0.2) is 109 Å². The van der Waals surface area contributed by atoms with E-state index in [4.69, 9.17) is 9.47 Å². The fraction of sp³-hybridized carbons (Fsp3) is 0.364. The van der Waals surface area contributed by atoms with Gasteiger partial charge in [-0.1, -0.05) is 66.7 Å². The summed E-state index contributed by atoms with van der Waals surface area (Å²) in [7, 11) is 3.75. The van der Waals surface area contributed by atoms with Crippen LogP contribution in [0.5, 0.6) is 5.75 Å². The van der Waals surface area contributed by atoms with Crippen molar-refractivity contribution in [1.29, 1.82) is 0 Å².